The molecule has 2 heteroatoms. The van der Waals surface area contributed by atoms with Crippen molar-refractivity contribution in [2.45, 2.75) is 85.2 Å². The summed E-state index contributed by atoms with van der Waals surface area (Å²) in [6, 6.07) is 0.623. The molecule has 1 rings (SSSR count). The van der Waals surface area contributed by atoms with Crippen molar-refractivity contribution in [1.82, 2.24) is 4.90 Å². The van der Waals surface area contributed by atoms with Gasteiger partial charge in [0.15, 0.2) is 0 Å². The smallest absolute Gasteiger partial charge is 0.0341 e. The molecule has 0 aromatic heterocycles. The Bertz CT molecular complexity index is 278. The predicted molar refractivity (Wildman–Crippen MR) is 85.3 cm³/mol. The second-order valence-corrected chi connectivity index (χ2v) is 8.54. The Labute approximate surface area is 121 Å². The third-order valence-corrected chi connectivity index (χ3v) is 5.07. The van der Waals surface area contributed by atoms with E-state index in [1.165, 1.54) is 32.1 Å². The molecular weight excluding hydrogens is 232 g/mol. The van der Waals surface area contributed by atoms with Gasteiger partial charge in [-0.15, -0.1) is 0 Å². The van der Waals surface area contributed by atoms with Gasteiger partial charge in [0.1, 0.15) is 0 Å². The average molecular weight is 268 g/mol. The van der Waals surface area contributed by atoms with Crippen molar-refractivity contribution in [3.63, 3.8) is 0 Å². The van der Waals surface area contributed by atoms with Crippen LogP contribution in [0.25, 0.3) is 0 Å². The van der Waals surface area contributed by atoms with E-state index in [1.807, 2.05) is 0 Å². The minimum Gasteiger partial charge on any atom is -0.329 e. The maximum Gasteiger partial charge on any atom is 0.0341 e. The zero-order valence-corrected chi connectivity index (χ0v) is 14.3. The third-order valence-electron chi connectivity index (χ3n) is 5.07. The lowest BCUT2D eigenvalue weighted by Gasteiger charge is -2.56. The van der Waals surface area contributed by atoms with Crippen molar-refractivity contribution < 1.29 is 0 Å². The maximum absolute atomic E-state index is 6.27. The minimum absolute atomic E-state index is 0.180. The third kappa shape index (κ3) is 3.95. The minimum atomic E-state index is 0.180. The molecule has 0 amide bonds. The van der Waals surface area contributed by atoms with Gasteiger partial charge in [-0.1, -0.05) is 41.0 Å². The van der Waals surface area contributed by atoms with Gasteiger partial charge in [0.05, 0.1) is 0 Å². The van der Waals surface area contributed by atoms with Gasteiger partial charge in [-0.3, -0.25) is 4.90 Å². The van der Waals surface area contributed by atoms with Gasteiger partial charge < -0.3 is 5.73 Å². The van der Waals surface area contributed by atoms with E-state index in [1.54, 1.807) is 0 Å². The van der Waals surface area contributed by atoms with E-state index in [-0.39, 0.29) is 5.54 Å². The number of rotatable bonds is 5. The Morgan fingerprint density at radius 1 is 1.05 bits per heavy atom. The molecule has 0 heterocycles. The van der Waals surface area contributed by atoms with Crippen molar-refractivity contribution in [3.05, 3.63) is 0 Å². The molecule has 0 spiro atoms. The molecule has 1 saturated carbocycles. The number of nitrogens with zero attached hydrogens (tertiary/aromatic N) is 1. The van der Waals surface area contributed by atoms with Crippen LogP contribution in [0.4, 0.5) is 0 Å². The van der Waals surface area contributed by atoms with Crippen molar-refractivity contribution in [2.75, 3.05) is 13.6 Å². The molecule has 0 aromatic rings. The molecule has 0 saturated heterocycles. The first kappa shape index (κ1) is 17.0. The predicted octanol–water partition coefficient (Wildman–Crippen LogP) is 4.04. The number of hydrogen-bond acceptors (Lipinski definition) is 2. The highest BCUT2D eigenvalue weighted by Crippen LogP contribution is 2.52. The lowest BCUT2D eigenvalue weighted by atomic mass is 9.57. The number of nitrogens with two attached hydrogens (primary N) is 1. The second-order valence-electron chi connectivity index (χ2n) is 8.54. The van der Waals surface area contributed by atoms with Crippen molar-refractivity contribution in [2.24, 2.45) is 16.6 Å². The van der Waals surface area contributed by atoms with Crippen LogP contribution in [0.15, 0.2) is 0 Å². The zero-order chi connectivity index (χ0) is 14.9. The fourth-order valence-corrected chi connectivity index (χ4v) is 4.88. The van der Waals surface area contributed by atoms with E-state index in [0.29, 0.717) is 16.9 Å². The molecule has 2 nitrogen and oxygen atoms in total. The van der Waals surface area contributed by atoms with Gasteiger partial charge in [-0.25, -0.2) is 0 Å². The highest BCUT2D eigenvalue weighted by molar-refractivity contribution is 5.04. The molecular formula is C17H36N2. The van der Waals surface area contributed by atoms with Gasteiger partial charge >= 0.3 is 0 Å². The molecule has 2 N–H and O–H groups in total. The first-order valence-electron chi connectivity index (χ1n) is 8.00. The summed E-state index contributed by atoms with van der Waals surface area (Å²) in [5.74, 6) is 0. The van der Waals surface area contributed by atoms with Crippen LogP contribution in [0, 0.1) is 10.8 Å². The molecule has 114 valence electrons. The molecule has 0 aliphatic heterocycles. The molecule has 0 aromatic carbocycles. The SMILES string of the molecule is CCCC(C)N(C)C1(CN)CC(C)(C)CC(C)(C)C1. The molecule has 19 heavy (non-hydrogen) atoms. The summed E-state index contributed by atoms with van der Waals surface area (Å²) in [6.07, 6.45) is 6.27. The lowest BCUT2D eigenvalue weighted by molar-refractivity contribution is -0.0482. The first-order valence-corrected chi connectivity index (χ1v) is 8.00. The molecule has 1 fully saturated rings. The molecule has 1 aliphatic rings. The second kappa shape index (κ2) is 5.73. The molecule has 0 bridgehead atoms. The fourth-order valence-electron chi connectivity index (χ4n) is 4.88. The van der Waals surface area contributed by atoms with Crippen LogP contribution in [-0.2, 0) is 0 Å². The summed E-state index contributed by atoms with van der Waals surface area (Å²) < 4.78 is 0. The molecule has 1 atom stereocenters. The summed E-state index contributed by atoms with van der Waals surface area (Å²) in [4.78, 5) is 2.60. The van der Waals surface area contributed by atoms with Crippen LogP contribution in [0.3, 0.4) is 0 Å². The first-order chi connectivity index (χ1) is 8.57. The van der Waals surface area contributed by atoms with Crippen molar-refractivity contribution in [1.29, 1.82) is 0 Å². The highest BCUT2D eigenvalue weighted by Gasteiger charge is 2.49. The molecule has 1 aliphatic carbocycles. The molecule has 1 unspecified atom stereocenters. The van der Waals surface area contributed by atoms with Crippen LogP contribution in [0.1, 0.15) is 73.6 Å². The maximum atomic E-state index is 6.27. The Hall–Kier alpha value is -0.0800. The summed E-state index contributed by atoms with van der Waals surface area (Å²) in [6.45, 7) is 15.1. The van der Waals surface area contributed by atoms with Gasteiger partial charge in [-0.2, -0.15) is 0 Å². The van der Waals surface area contributed by atoms with Crippen molar-refractivity contribution >= 4 is 0 Å². The lowest BCUT2D eigenvalue weighted by Crippen LogP contribution is -2.61. The van der Waals surface area contributed by atoms with Crippen LogP contribution < -0.4 is 5.73 Å². The van der Waals surface area contributed by atoms with Gasteiger partial charge in [0.25, 0.3) is 0 Å². The fraction of sp³-hybridized carbons (Fsp3) is 1.00. The summed E-state index contributed by atoms with van der Waals surface area (Å²) in [5, 5.41) is 0. The van der Waals surface area contributed by atoms with Crippen LogP contribution in [0.2, 0.25) is 0 Å². The van der Waals surface area contributed by atoms with Crippen LogP contribution in [0.5, 0.6) is 0 Å². The highest BCUT2D eigenvalue weighted by atomic mass is 15.2. The Balaban J connectivity index is 3.01. The van der Waals surface area contributed by atoms with E-state index < -0.39 is 0 Å². The number of likely N-dealkylation sites (N-methyl/N-ethyl adjacent to an activating group) is 1. The summed E-state index contributed by atoms with van der Waals surface area (Å²) in [5.41, 5.74) is 7.23. The Kier molecular flexibility index (Phi) is 5.12. The van der Waals surface area contributed by atoms with E-state index in [4.69, 9.17) is 5.73 Å². The van der Waals surface area contributed by atoms with Gasteiger partial charge in [0.2, 0.25) is 0 Å². The summed E-state index contributed by atoms with van der Waals surface area (Å²) >= 11 is 0. The monoisotopic (exact) mass is 268 g/mol. The standard InChI is InChI=1S/C17H36N2/c1-8-9-14(2)19(7)17(13-18)11-15(3,4)10-16(5,6)12-17/h14H,8-13,18H2,1-7H3. The number of hydrogen-bond donors (Lipinski definition) is 1. The van der Waals surface area contributed by atoms with E-state index in [0.717, 1.165) is 6.54 Å². The van der Waals surface area contributed by atoms with E-state index in [9.17, 15) is 0 Å². The quantitative estimate of drug-likeness (QED) is 0.815. The summed E-state index contributed by atoms with van der Waals surface area (Å²) in [7, 11) is 2.30. The molecule has 0 radical (unpaired) electrons. The van der Waals surface area contributed by atoms with Crippen LogP contribution >= 0.6 is 0 Å². The Morgan fingerprint density at radius 2 is 1.53 bits per heavy atom. The van der Waals surface area contributed by atoms with Gasteiger partial charge in [-0.05, 0) is 50.5 Å². The average Bonchev–Trinajstić information content (AvgIpc) is 2.24. The normalized spacial score (nSPS) is 26.4. The van der Waals surface area contributed by atoms with Gasteiger partial charge in [0, 0.05) is 18.1 Å². The topological polar surface area (TPSA) is 29.3 Å². The zero-order valence-electron chi connectivity index (χ0n) is 14.3. The largest absolute Gasteiger partial charge is 0.329 e. The Morgan fingerprint density at radius 3 is 1.89 bits per heavy atom. The van der Waals surface area contributed by atoms with E-state index >= 15 is 0 Å². The van der Waals surface area contributed by atoms with E-state index in [2.05, 4.69) is 53.5 Å². The van der Waals surface area contributed by atoms with Crippen molar-refractivity contribution in [3.8, 4) is 0 Å². The van der Waals surface area contributed by atoms with Crippen LogP contribution in [-0.4, -0.2) is 30.1 Å².